The summed E-state index contributed by atoms with van der Waals surface area (Å²) in [5, 5.41) is 9.43. The van der Waals surface area contributed by atoms with Crippen molar-refractivity contribution in [3.63, 3.8) is 0 Å². The number of hydrogen-bond donors (Lipinski definition) is 1. The Labute approximate surface area is 111 Å². The number of sulfonamides is 1. The minimum atomic E-state index is -3.67. The highest BCUT2D eigenvalue weighted by molar-refractivity contribution is 7.88. The van der Waals surface area contributed by atoms with Crippen molar-refractivity contribution in [1.29, 1.82) is 0 Å². The molecule has 0 aromatic heterocycles. The van der Waals surface area contributed by atoms with Gasteiger partial charge in [-0.05, 0) is 25.1 Å². The zero-order valence-corrected chi connectivity index (χ0v) is 11.7. The predicted octanol–water partition coefficient (Wildman–Crippen LogP) is 1.62. The molecular weight excluding hydrogens is 281 g/mol. The van der Waals surface area contributed by atoms with Gasteiger partial charge in [-0.2, -0.15) is 0 Å². The van der Waals surface area contributed by atoms with Gasteiger partial charge in [0.2, 0.25) is 10.0 Å². The molecule has 0 fully saturated rings. The van der Waals surface area contributed by atoms with Gasteiger partial charge in [0.15, 0.2) is 0 Å². The number of aliphatic hydroxyl groups excluding tert-OH is 1. The third-order valence-corrected chi connectivity index (χ3v) is 4.35. The Morgan fingerprint density at radius 1 is 1.50 bits per heavy atom. The summed E-state index contributed by atoms with van der Waals surface area (Å²) < 4.78 is 38.2. The molecule has 1 N–H and O–H groups in total. The maximum atomic E-state index is 13.4. The molecule has 1 aromatic carbocycles. The standard InChI is InChI=1S/C11H15ClFNO3S/c1-8(15)6-14(2)18(16,17)7-9-5-10(12)3-4-11(9)13/h3-5,8,15H,6-7H2,1-2H3/t8-/m1/s1. The fraction of sp³-hybridized carbons (Fsp3) is 0.455. The van der Waals surface area contributed by atoms with Crippen molar-refractivity contribution in [3.8, 4) is 0 Å². The topological polar surface area (TPSA) is 57.6 Å². The van der Waals surface area contributed by atoms with Crippen molar-refractivity contribution in [3.05, 3.63) is 34.6 Å². The van der Waals surface area contributed by atoms with Gasteiger partial charge in [-0.1, -0.05) is 11.6 Å². The first-order valence-corrected chi connectivity index (χ1v) is 7.27. The summed E-state index contributed by atoms with van der Waals surface area (Å²) in [5.41, 5.74) is 0.0138. The van der Waals surface area contributed by atoms with E-state index in [1.807, 2.05) is 0 Å². The van der Waals surface area contributed by atoms with Crippen LogP contribution in [-0.4, -0.2) is 37.5 Å². The number of hydrogen-bond acceptors (Lipinski definition) is 3. The van der Waals surface area contributed by atoms with Gasteiger partial charge < -0.3 is 5.11 Å². The van der Waals surface area contributed by atoms with E-state index in [-0.39, 0.29) is 17.1 Å². The van der Waals surface area contributed by atoms with Crippen LogP contribution >= 0.6 is 11.6 Å². The van der Waals surface area contributed by atoms with Crippen molar-refractivity contribution >= 4 is 21.6 Å². The summed E-state index contributed by atoms with van der Waals surface area (Å²) in [5.74, 6) is -1.10. The Morgan fingerprint density at radius 3 is 2.67 bits per heavy atom. The summed E-state index contributed by atoms with van der Waals surface area (Å²) in [4.78, 5) is 0. The van der Waals surface area contributed by atoms with E-state index >= 15 is 0 Å². The van der Waals surface area contributed by atoms with E-state index in [0.29, 0.717) is 0 Å². The molecule has 0 aliphatic carbocycles. The molecule has 1 atom stereocenters. The SMILES string of the molecule is C[C@@H](O)CN(C)S(=O)(=O)Cc1cc(Cl)ccc1F. The second-order valence-corrected chi connectivity index (χ2v) is 6.63. The number of likely N-dealkylation sites (N-methyl/N-ethyl adjacent to an activating group) is 1. The average molecular weight is 296 g/mol. The van der Waals surface area contributed by atoms with Crippen molar-refractivity contribution < 1.29 is 17.9 Å². The molecule has 0 aliphatic rings. The first-order chi connectivity index (χ1) is 8.22. The maximum absolute atomic E-state index is 13.4. The Kier molecular flexibility index (Phi) is 5.10. The van der Waals surface area contributed by atoms with Crippen LogP contribution in [0.5, 0.6) is 0 Å². The van der Waals surface area contributed by atoms with Crippen LogP contribution in [-0.2, 0) is 15.8 Å². The molecule has 1 aromatic rings. The van der Waals surface area contributed by atoms with Gasteiger partial charge in [0.05, 0.1) is 11.9 Å². The van der Waals surface area contributed by atoms with Crippen LogP contribution in [0.1, 0.15) is 12.5 Å². The van der Waals surface area contributed by atoms with Crippen molar-refractivity contribution in [1.82, 2.24) is 4.31 Å². The Balaban J connectivity index is 2.92. The molecule has 102 valence electrons. The Bertz CT molecular complexity index is 519. The van der Waals surface area contributed by atoms with Gasteiger partial charge in [-0.25, -0.2) is 17.1 Å². The van der Waals surface area contributed by atoms with Crippen LogP contribution in [0.4, 0.5) is 4.39 Å². The lowest BCUT2D eigenvalue weighted by molar-refractivity contribution is 0.171. The number of halogens is 2. The van der Waals surface area contributed by atoms with E-state index in [9.17, 15) is 12.8 Å². The van der Waals surface area contributed by atoms with Crippen LogP contribution in [0.3, 0.4) is 0 Å². The highest BCUT2D eigenvalue weighted by atomic mass is 35.5. The number of benzene rings is 1. The molecule has 1 rings (SSSR count). The molecule has 0 heterocycles. The monoisotopic (exact) mass is 295 g/mol. The lowest BCUT2D eigenvalue weighted by atomic mass is 10.2. The van der Waals surface area contributed by atoms with Crippen LogP contribution in [0.25, 0.3) is 0 Å². The normalized spacial score (nSPS) is 13.9. The number of aliphatic hydroxyl groups is 1. The summed E-state index contributed by atoms with van der Waals surface area (Å²) in [6.07, 6.45) is -0.783. The lowest BCUT2D eigenvalue weighted by Crippen LogP contribution is -2.34. The number of nitrogens with zero attached hydrogens (tertiary/aromatic N) is 1. The van der Waals surface area contributed by atoms with Gasteiger partial charge in [0.1, 0.15) is 5.82 Å². The van der Waals surface area contributed by atoms with Gasteiger partial charge in [-0.15, -0.1) is 0 Å². The maximum Gasteiger partial charge on any atom is 0.218 e. The minimum absolute atomic E-state index is 0.0138. The highest BCUT2D eigenvalue weighted by Gasteiger charge is 2.21. The summed E-state index contributed by atoms with van der Waals surface area (Å²) >= 11 is 5.69. The molecule has 0 spiro atoms. The Morgan fingerprint density at radius 2 is 2.11 bits per heavy atom. The van der Waals surface area contributed by atoms with E-state index in [2.05, 4.69) is 0 Å². The highest BCUT2D eigenvalue weighted by Crippen LogP contribution is 2.18. The predicted molar refractivity (Wildman–Crippen MR) is 68.3 cm³/mol. The molecule has 0 saturated carbocycles. The lowest BCUT2D eigenvalue weighted by Gasteiger charge is -2.18. The molecule has 0 saturated heterocycles. The fourth-order valence-corrected chi connectivity index (χ4v) is 2.92. The van der Waals surface area contributed by atoms with E-state index in [1.165, 1.54) is 26.1 Å². The molecule has 0 radical (unpaired) electrons. The fourth-order valence-electron chi connectivity index (χ4n) is 1.45. The van der Waals surface area contributed by atoms with Crippen LogP contribution in [0.2, 0.25) is 5.02 Å². The smallest absolute Gasteiger partial charge is 0.218 e. The first kappa shape index (κ1) is 15.4. The largest absolute Gasteiger partial charge is 0.392 e. The zero-order chi connectivity index (χ0) is 13.9. The third kappa shape index (κ3) is 4.20. The third-order valence-electron chi connectivity index (χ3n) is 2.34. The van der Waals surface area contributed by atoms with E-state index in [4.69, 9.17) is 16.7 Å². The molecule has 7 heteroatoms. The molecule has 18 heavy (non-hydrogen) atoms. The van der Waals surface area contributed by atoms with Crippen molar-refractivity contribution in [2.45, 2.75) is 18.8 Å². The van der Waals surface area contributed by atoms with Crippen molar-refractivity contribution in [2.24, 2.45) is 0 Å². The molecule has 0 bridgehead atoms. The Hall–Kier alpha value is -0.690. The molecule has 0 unspecified atom stereocenters. The van der Waals surface area contributed by atoms with E-state index in [1.54, 1.807) is 0 Å². The van der Waals surface area contributed by atoms with Crippen LogP contribution < -0.4 is 0 Å². The van der Waals surface area contributed by atoms with Gasteiger partial charge >= 0.3 is 0 Å². The minimum Gasteiger partial charge on any atom is -0.392 e. The van der Waals surface area contributed by atoms with Gasteiger partial charge in [0, 0.05) is 24.2 Å². The van der Waals surface area contributed by atoms with Crippen LogP contribution in [0, 0.1) is 5.82 Å². The van der Waals surface area contributed by atoms with Crippen LogP contribution in [0.15, 0.2) is 18.2 Å². The summed E-state index contributed by atoms with van der Waals surface area (Å²) in [7, 11) is -2.34. The number of rotatable bonds is 5. The first-order valence-electron chi connectivity index (χ1n) is 5.28. The van der Waals surface area contributed by atoms with Gasteiger partial charge in [-0.3, -0.25) is 0 Å². The molecule has 0 amide bonds. The zero-order valence-electron chi connectivity index (χ0n) is 10.1. The second-order valence-electron chi connectivity index (χ2n) is 4.12. The summed E-state index contributed by atoms with van der Waals surface area (Å²) in [6.45, 7) is 1.44. The average Bonchev–Trinajstić information content (AvgIpc) is 2.22. The quantitative estimate of drug-likeness (QED) is 0.898. The van der Waals surface area contributed by atoms with Crippen molar-refractivity contribution in [2.75, 3.05) is 13.6 Å². The second kappa shape index (κ2) is 5.97. The van der Waals surface area contributed by atoms with E-state index < -0.39 is 27.7 Å². The van der Waals surface area contributed by atoms with Gasteiger partial charge in [0.25, 0.3) is 0 Å². The van der Waals surface area contributed by atoms with E-state index in [0.717, 1.165) is 10.4 Å². The molecule has 4 nitrogen and oxygen atoms in total. The molecule has 0 aliphatic heterocycles. The molecular formula is C11H15ClFNO3S. The summed E-state index contributed by atoms with van der Waals surface area (Å²) in [6, 6.07) is 3.76.